The van der Waals surface area contributed by atoms with Gasteiger partial charge in [-0.1, -0.05) is 57.9 Å². The van der Waals surface area contributed by atoms with Gasteiger partial charge in [-0.3, -0.25) is 4.79 Å². The van der Waals surface area contributed by atoms with Gasteiger partial charge in [0.15, 0.2) is 0 Å². The van der Waals surface area contributed by atoms with Crippen molar-refractivity contribution < 1.29 is 19.1 Å². The maximum Gasteiger partial charge on any atom is 0.343 e. The number of carbonyl (C=O) groups excluding carboxylic acids is 2. The molecule has 1 N–H and O–H groups in total. The second-order valence-corrected chi connectivity index (χ2v) is 8.93. The number of hydrogen-bond donors (Lipinski definition) is 1. The zero-order chi connectivity index (χ0) is 25.3. The van der Waals surface area contributed by atoms with Crippen molar-refractivity contribution in [1.82, 2.24) is 5.43 Å². The Balaban J connectivity index is 1.35. The molecular weight excluding hydrogens is 544 g/mol. The minimum Gasteiger partial charge on any atom is -0.489 e. The number of hydrazone groups is 1. The second kappa shape index (κ2) is 12.2. The summed E-state index contributed by atoms with van der Waals surface area (Å²) in [4.78, 5) is 24.9. The van der Waals surface area contributed by atoms with Crippen LogP contribution in [0.3, 0.4) is 0 Å². The van der Waals surface area contributed by atoms with Crippen LogP contribution in [0.1, 0.15) is 31.8 Å². The average Bonchev–Trinajstić information content (AvgIpc) is 2.90. The highest BCUT2D eigenvalue weighted by molar-refractivity contribution is 9.10. The quantitative estimate of drug-likeness (QED) is 0.112. The topological polar surface area (TPSA) is 77.0 Å². The number of nitrogens with zero attached hydrogens (tertiary/aromatic N) is 1. The molecule has 0 fully saturated rings. The van der Waals surface area contributed by atoms with Gasteiger partial charge in [-0.15, -0.1) is 0 Å². The number of carbonyl (C=O) groups is 2. The standard InChI is InChI=1S/C28H20BrClN2O4/c29-23-10-15-26(36-28(34)21-4-2-1-3-5-21)22(16-23)17-31-32-27(33)20-8-13-25(14-9-20)35-18-19-6-11-24(30)12-7-19/h1-17H,18H2,(H,32,33)/b31-17+. The van der Waals surface area contributed by atoms with E-state index in [0.29, 0.717) is 39.8 Å². The van der Waals surface area contributed by atoms with E-state index in [-0.39, 0.29) is 0 Å². The van der Waals surface area contributed by atoms with Crippen LogP contribution in [0.4, 0.5) is 0 Å². The molecule has 0 bridgehead atoms. The molecule has 0 radical (unpaired) electrons. The first-order valence-corrected chi connectivity index (χ1v) is 12.0. The maximum absolute atomic E-state index is 12.5. The van der Waals surface area contributed by atoms with Crippen molar-refractivity contribution in [2.45, 2.75) is 6.61 Å². The molecule has 0 spiro atoms. The third kappa shape index (κ3) is 7.04. The zero-order valence-electron chi connectivity index (χ0n) is 18.9. The monoisotopic (exact) mass is 562 g/mol. The second-order valence-electron chi connectivity index (χ2n) is 7.58. The molecule has 1 amide bonds. The van der Waals surface area contributed by atoms with Crippen LogP contribution in [0.2, 0.25) is 5.02 Å². The molecule has 36 heavy (non-hydrogen) atoms. The lowest BCUT2D eigenvalue weighted by molar-refractivity contribution is 0.0734. The molecule has 180 valence electrons. The van der Waals surface area contributed by atoms with Crippen molar-refractivity contribution in [1.29, 1.82) is 0 Å². The zero-order valence-corrected chi connectivity index (χ0v) is 21.2. The number of halogens is 2. The number of esters is 1. The summed E-state index contributed by atoms with van der Waals surface area (Å²) in [6.45, 7) is 0.386. The van der Waals surface area contributed by atoms with Crippen LogP contribution in [-0.2, 0) is 6.61 Å². The molecular formula is C28H20BrClN2O4. The van der Waals surface area contributed by atoms with E-state index in [2.05, 4.69) is 26.5 Å². The van der Waals surface area contributed by atoms with Crippen LogP contribution < -0.4 is 14.9 Å². The lowest BCUT2D eigenvalue weighted by Gasteiger charge is -2.08. The molecule has 4 aromatic carbocycles. The van der Waals surface area contributed by atoms with Crippen LogP contribution in [0, 0.1) is 0 Å². The molecule has 0 aliphatic rings. The summed E-state index contributed by atoms with van der Waals surface area (Å²) in [5, 5.41) is 4.69. The molecule has 0 aromatic heterocycles. The van der Waals surface area contributed by atoms with Gasteiger partial charge < -0.3 is 9.47 Å². The van der Waals surface area contributed by atoms with Gasteiger partial charge in [0.05, 0.1) is 11.8 Å². The summed E-state index contributed by atoms with van der Waals surface area (Å²) in [5.41, 5.74) is 4.82. The van der Waals surface area contributed by atoms with E-state index in [0.717, 1.165) is 10.0 Å². The largest absolute Gasteiger partial charge is 0.489 e. The highest BCUT2D eigenvalue weighted by Gasteiger charge is 2.11. The molecule has 0 atom stereocenters. The number of nitrogens with one attached hydrogen (secondary N) is 1. The first-order valence-electron chi connectivity index (χ1n) is 10.9. The van der Waals surface area contributed by atoms with Crippen molar-refractivity contribution >= 4 is 45.6 Å². The van der Waals surface area contributed by atoms with Gasteiger partial charge in [0.1, 0.15) is 18.1 Å². The Kier molecular flexibility index (Phi) is 8.49. The Labute approximate surface area is 221 Å². The molecule has 0 aliphatic carbocycles. The molecule has 0 saturated carbocycles. The predicted octanol–water partition coefficient (Wildman–Crippen LogP) is 6.66. The van der Waals surface area contributed by atoms with Crippen molar-refractivity contribution in [2.24, 2.45) is 5.10 Å². The Morgan fingerprint density at radius 2 is 1.61 bits per heavy atom. The first-order chi connectivity index (χ1) is 17.5. The van der Waals surface area contributed by atoms with Crippen molar-refractivity contribution in [3.8, 4) is 11.5 Å². The lowest BCUT2D eigenvalue weighted by atomic mass is 10.2. The van der Waals surface area contributed by atoms with Crippen LogP contribution in [-0.4, -0.2) is 18.1 Å². The molecule has 8 heteroatoms. The van der Waals surface area contributed by atoms with E-state index in [1.807, 2.05) is 18.2 Å². The molecule has 0 saturated heterocycles. The van der Waals surface area contributed by atoms with Crippen LogP contribution >= 0.6 is 27.5 Å². The Hall–Kier alpha value is -3.94. The van der Waals surface area contributed by atoms with E-state index in [1.165, 1.54) is 6.21 Å². The molecule has 4 aromatic rings. The van der Waals surface area contributed by atoms with Crippen molar-refractivity contribution in [2.75, 3.05) is 0 Å². The van der Waals surface area contributed by atoms with Crippen molar-refractivity contribution in [3.63, 3.8) is 0 Å². The van der Waals surface area contributed by atoms with E-state index >= 15 is 0 Å². The molecule has 0 aliphatic heterocycles. The average molecular weight is 564 g/mol. The summed E-state index contributed by atoms with van der Waals surface area (Å²) >= 11 is 9.29. The highest BCUT2D eigenvalue weighted by Crippen LogP contribution is 2.23. The number of benzene rings is 4. The van der Waals surface area contributed by atoms with E-state index in [9.17, 15) is 9.59 Å². The lowest BCUT2D eigenvalue weighted by Crippen LogP contribution is -2.17. The fourth-order valence-electron chi connectivity index (χ4n) is 3.12. The smallest absolute Gasteiger partial charge is 0.343 e. The van der Waals surface area contributed by atoms with Gasteiger partial charge in [0, 0.05) is 20.6 Å². The van der Waals surface area contributed by atoms with E-state index < -0.39 is 11.9 Å². The predicted molar refractivity (Wildman–Crippen MR) is 143 cm³/mol. The number of ether oxygens (including phenoxy) is 2. The number of amides is 1. The number of hydrogen-bond acceptors (Lipinski definition) is 5. The van der Waals surface area contributed by atoms with Gasteiger partial charge in [0.25, 0.3) is 5.91 Å². The fraction of sp³-hybridized carbons (Fsp3) is 0.0357. The fourth-order valence-corrected chi connectivity index (χ4v) is 3.63. The Morgan fingerprint density at radius 3 is 2.33 bits per heavy atom. The van der Waals surface area contributed by atoms with Crippen LogP contribution in [0.5, 0.6) is 11.5 Å². The van der Waals surface area contributed by atoms with Gasteiger partial charge >= 0.3 is 5.97 Å². The summed E-state index contributed by atoms with van der Waals surface area (Å²) in [6.07, 6.45) is 1.42. The summed E-state index contributed by atoms with van der Waals surface area (Å²) in [6, 6.07) is 27.9. The normalized spacial score (nSPS) is 10.7. The molecule has 0 unspecified atom stereocenters. The van der Waals surface area contributed by atoms with Gasteiger partial charge in [-0.2, -0.15) is 5.10 Å². The third-order valence-corrected chi connectivity index (χ3v) is 5.73. The third-order valence-electron chi connectivity index (χ3n) is 4.99. The minimum atomic E-state index is -0.491. The van der Waals surface area contributed by atoms with Crippen molar-refractivity contribution in [3.05, 3.63) is 129 Å². The van der Waals surface area contributed by atoms with Crippen LogP contribution in [0.25, 0.3) is 0 Å². The highest BCUT2D eigenvalue weighted by atomic mass is 79.9. The summed E-state index contributed by atoms with van der Waals surface area (Å²) in [5.74, 6) is 0.0551. The Bertz CT molecular complexity index is 1380. The number of rotatable bonds is 8. The van der Waals surface area contributed by atoms with Gasteiger partial charge in [-0.05, 0) is 72.3 Å². The van der Waals surface area contributed by atoms with Gasteiger partial charge in [0.2, 0.25) is 0 Å². The minimum absolute atomic E-state index is 0.312. The van der Waals surface area contributed by atoms with E-state index in [1.54, 1.807) is 78.9 Å². The molecule has 4 rings (SSSR count). The maximum atomic E-state index is 12.5. The first kappa shape index (κ1) is 25.2. The summed E-state index contributed by atoms with van der Waals surface area (Å²) in [7, 11) is 0. The Morgan fingerprint density at radius 1 is 0.889 bits per heavy atom. The summed E-state index contributed by atoms with van der Waals surface area (Å²) < 4.78 is 12.0. The van der Waals surface area contributed by atoms with E-state index in [4.69, 9.17) is 21.1 Å². The van der Waals surface area contributed by atoms with Crippen LogP contribution in [0.15, 0.2) is 107 Å². The van der Waals surface area contributed by atoms with Gasteiger partial charge in [-0.25, -0.2) is 10.2 Å². The molecule has 6 nitrogen and oxygen atoms in total. The SMILES string of the molecule is O=C(N/N=C/c1cc(Br)ccc1OC(=O)c1ccccc1)c1ccc(OCc2ccc(Cl)cc2)cc1. The molecule has 0 heterocycles.